The first kappa shape index (κ1) is 30.6. The van der Waals surface area contributed by atoms with Gasteiger partial charge in [-0.15, -0.1) is 0 Å². The van der Waals surface area contributed by atoms with Crippen LogP contribution in [-0.2, 0) is 11.0 Å². The van der Waals surface area contributed by atoms with Crippen molar-refractivity contribution in [3.8, 4) is 22.5 Å². The third-order valence-electron chi connectivity index (χ3n) is 5.16. The molecule has 39 heavy (non-hydrogen) atoms. The van der Waals surface area contributed by atoms with Gasteiger partial charge in [0.2, 0.25) is 0 Å². The smallest absolute Gasteiger partial charge is 0.388 e. The molecule has 0 amide bonds. The summed E-state index contributed by atoms with van der Waals surface area (Å²) in [5.41, 5.74) is 5.11. The predicted octanol–water partition coefficient (Wildman–Crippen LogP) is 6.02. The highest BCUT2D eigenvalue weighted by molar-refractivity contribution is 5.75. The fourth-order valence-electron chi connectivity index (χ4n) is 3.31. The summed E-state index contributed by atoms with van der Waals surface area (Å²) in [5.74, 6) is 1.57. The maximum atomic E-state index is 11.9. The fourth-order valence-corrected chi connectivity index (χ4v) is 3.31. The van der Waals surface area contributed by atoms with Gasteiger partial charge in [-0.3, -0.25) is 9.78 Å². The average molecular weight is 539 g/mol. The van der Waals surface area contributed by atoms with Gasteiger partial charge in [-0.25, -0.2) is 15.0 Å². The lowest BCUT2D eigenvalue weighted by Gasteiger charge is -2.11. The van der Waals surface area contributed by atoms with E-state index in [4.69, 9.17) is 4.79 Å². The van der Waals surface area contributed by atoms with Gasteiger partial charge in [0.15, 0.2) is 0 Å². The Morgan fingerprint density at radius 3 is 2.10 bits per heavy atom. The zero-order valence-corrected chi connectivity index (χ0v) is 22.2. The minimum Gasteiger partial charge on any atom is -0.388 e. The van der Waals surface area contributed by atoms with Crippen LogP contribution in [0, 0.1) is 13.8 Å². The van der Waals surface area contributed by atoms with Gasteiger partial charge in [0.25, 0.3) is 0 Å². The van der Waals surface area contributed by atoms with Gasteiger partial charge < -0.3 is 15.4 Å². The Morgan fingerprint density at radius 2 is 1.49 bits per heavy atom. The fraction of sp³-hybridized carbons (Fsp3) is 0.214. The van der Waals surface area contributed by atoms with Crippen LogP contribution in [0.3, 0.4) is 0 Å². The van der Waals surface area contributed by atoms with Gasteiger partial charge in [0.05, 0.1) is 11.4 Å². The standard InChI is InChI=1S/C19H21N5.C7H4F3NO.C2H4O/c1-12-5-6-15(20-3)10-16(12)18-11-17(23-13(2)24-18)14-7-8-22-19(9-14)21-4;8-7(9,10)6-3-5(4-12)1-2-11-6;1-2-3/h5-11,20H,1-4H3,(H,21,22);1-4H;2H,1H3. The molecule has 0 bridgehead atoms. The van der Waals surface area contributed by atoms with Crippen LogP contribution >= 0.6 is 0 Å². The maximum Gasteiger partial charge on any atom is 0.433 e. The second-order valence-electron chi connectivity index (χ2n) is 7.97. The van der Waals surface area contributed by atoms with E-state index < -0.39 is 11.9 Å². The molecular formula is C28H29F3N6O2. The van der Waals surface area contributed by atoms with E-state index in [1.807, 2.05) is 39.2 Å². The number of nitrogens with zero attached hydrogens (tertiary/aromatic N) is 4. The van der Waals surface area contributed by atoms with Crippen molar-refractivity contribution in [2.45, 2.75) is 26.9 Å². The van der Waals surface area contributed by atoms with Gasteiger partial charge in [-0.2, -0.15) is 13.2 Å². The summed E-state index contributed by atoms with van der Waals surface area (Å²) in [7, 11) is 3.77. The first-order valence-corrected chi connectivity index (χ1v) is 11.7. The number of aldehydes is 2. The molecule has 4 aromatic rings. The summed E-state index contributed by atoms with van der Waals surface area (Å²) < 4.78 is 35.8. The lowest BCUT2D eigenvalue weighted by atomic mass is 10.0. The Hall–Kier alpha value is -4.67. The normalized spacial score (nSPS) is 10.3. The number of halogens is 3. The van der Waals surface area contributed by atoms with E-state index in [2.05, 4.69) is 55.7 Å². The minimum atomic E-state index is -4.49. The highest BCUT2D eigenvalue weighted by Gasteiger charge is 2.32. The van der Waals surface area contributed by atoms with Crippen LogP contribution in [0.2, 0.25) is 0 Å². The summed E-state index contributed by atoms with van der Waals surface area (Å²) in [5, 5.41) is 6.24. The molecule has 0 fully saturated rings. The molecule has 0 unspecified atom stereocenters. The summed E-state index contributed by atoms with van der Waals surface area (Å²) >= 11 is 0. The van der Waals surface area contributed by atoms with E-state index in [1.54, 1.807) is 6.20 Å². The lowest BCUT2D eigenvalue weighted by molar-refractivity contribution is -0.141. The molecule has 0 saturated carbocycles. The summed E-state index contributed by atoms with van der Waals surface area (Å²) in [4.78, 5) is 35.5. The molecule has 0 aliphatic rings. The first-order chi connectivity index (χ1) is 18.6. The summed E-state index contributed by atoms with van der Waals surface area (Å²) in [6, 6.07) is 14.2. The molecule has 0 aliphatic heterocycles. The van der Waals surface area contributed by atoms with Gasteiger partial charge in [-0.1, -0.05) is 6.07 Å². The van der Waals surface area contributed by atoms with E-state index in [1.165, 1.54) is 18.6 Å². The van der Waals surface area contributed by atoms with Crippen molar-refractivity contribution in [3.05, 3.63) is 83.6 Å². The highest BCUT2D eigenvalue weighted by atomic mass is 19.4. The monoisotopic (exact) mass is 538 g/mol. The molecule has 3 heterocycles. The van der Waals surface area contributed by atoms with Crippen LogP contribution in [0.5, 0.6) is 0 Å². The molecule has 0 radical (unpaired) electrons. The number of aromatic nitrogens is 4. The van der Waals surface area contributed by atoms with Crippen molar-refractivity contribution in [2.24, 2.45) is 0 Å². The number of carbonyl (C=O) groups is 2. The van der Waals surface area contributed by atoms with Crippen molar-refractivity contribution in [1.29, 1.82) is 0 Å². The number of pyridine rings is 2. The molecule has 11 heteroatoms. The molecule has 3 aromatic heterocycles. The Kier molecular flexibility index (Phi) is 11.2. The molecule has 1 aromatic carbocycles. The second-order valence-corrected chi connectivity index (χ2v) is 7.97. The third-order valence-corrected chi connectivity index (χ3v) is 5.16. The molecule has 204 valence electrons. The molecule has 4 rings (SSSR count). The van der Waals surface area contributed by atoms with Crippen LogP contribution in [0.1, 0.15) is 34.4 Å². The zero-order chi connectivity index (χ0) is 29.0. The topological polar surface area (TPSA) is 110 Å². The lowest BCUT2D eigenvalue weighted by Crippen LogP contribution is -2.07. The van der Waals surface area contributed by atoms with Crippen LogP contribution in [0.15, 0.2) is 60.9 Å². The summed E-state index contributed by atoms with van der Waals surface area (Å²) in [6.07, 6.45) is -0.659. The number of hydrogen-bond donors (Lipinski definition) is 2. The summed E-state index contributed by atoms with van der Waals surface area (Å²) in [6.45, 7) is 5.46. The van der Waals surface area contributed by atoms with Crippen molar-refractivity contribution < 1.29 is 22.8 Å². The number of carbonyl (C=O) groups excluding carboxylic acids is 2. The van der Waals surface area contributed by atoms with E-state index in [-0.39, 0.29) is 5.56 Å². The molecule has 2 N–H and O–H groups in total. The van der Waals surface area contributed by atoms with E-state index >= 15 is 0 Å². The Labute approximate surface area is 224 Å². The SMILES string of the molecule is CC=O.CNc1ccc(C)c(-c2cc(-c3ccnc(NC)c3)nc(C)n2)c1.O=Cc1ccnc(C(F)(F)F)c1. The third kappa shape index (κ3) is 8.99. The Morgan fingerprint density at radius 1 is 0.821 bits per heavy atom. The van der Waals surface area contributed by atoms with Gasteiger partial charge >= 0.3 is 6.18 Å². The van der Waals surface area contributed by atoms with Gasteiger partial charge in [-0.05, 0) is 68.8 Å². The number of nitrogens with one attached hydrogen (secondary N) is 2. The van der Waals surface area contributed by atoms with E-state index in [9.17, 15) is 18.0 Å². The van der Waals surface area contributed by atoms with Crippen LogP contribution < -0.4 is 10.6 Å². The number of hydrogen-bond acceptors (Lipinski definition) is 8. The van der Waals surface area contributed by atoms with Crippen molar-refractivity contribution in [1.82, 2.24) is 19.9 Å². The maximum absolute atomic E-state index is 11.9. The van der Waals surface area contributed by atoms with Crippen molar-refractivity contribution in [3.63, 3.8) is 0 Å². The number of aryl methyl sites for hydroxylation is 2. The Balaban J connectivity index is 0.000000298. The van der Waals surface area contributed by atoms with Crippen molar-refractivity contribution in [2.75, 3.05) is 24.7 Å². The zero-order valence-electron chi connectivity index (χ0n) is 22.2. The largest absolute Gasteiger partial charge is 0.433 e. The number of rotatable bonds is 5. The minimum absolute atomic E-state index is 0.0303. The predicted molar refractivity (Wildman–Crippen MR) is 146 cm³/mol. The second kappa shape index (κ2) is 14.3. The Bertz CT molecular complexity index is 1410. The van der Waals surface area contributed by atoms with Crippen molar-refractivity contribution >= 4 is 24.1 Å². The number of benzene rings is 1. The van der Waals surface area contributed by atoms with Crippen LogP contribution in [0.25, 0.3) is 22.5 Å². The van der Waals surface area contributed by atoms with E-state index in [0.29, 0.717) is 12.4 Å². The molecular weight excluding hydrogens is 509 g/mol. The quantitative estimate of drug-likeness (QED) is 0.297. The van der Waals surface area contributed by atoms with Crippen LogP contribution in [-0.4, -0.2) is 46.6 Å². The highest BCUT2D eigenvalue weighted by Crippen LogP contribution is 2.29. The number of alkyl halides is 3. The average Bonchev–Trinajstić information content (AvgIpc) is 2.93. The van der Waals surface area contributed by atoms with E-state index in [0.717, 1.165) is 52.3 Å². The molecule has 8 nitrogen and oxygen atoms in total. The molecule has 0 spiro atoms. The molecule has 0 atom stereocenters. The number of anilines is 2. The van der Waals surface area contributed by atoms with Gasteiger partial charge in [0, 0.05) is 48.9 Å². The first-order valence-electron chi connectivity index (χ1n) is 11.7. The molecule has 0 aliphatic carbocycles. The molecule has 0 saturated heterocycles. The van der Waals surface area contributed by atoms with Gasteiger partial charge in [0.1, 0.15) is 29.9 Å². The van der Waals surface area contributed by atoms with Crippen LogP contribution in [0.4, 0.5) is 24.7 Å².